The van der Waals surface area contributed by atoms with Gasteiger partial charge in [0.15, 0.2) is 0 Å². The lowest BCUT2D eigenvalue weighted by Gasteiger charge is -2.16. The monoisotopic (exact) mass is 177 g/mol. The molecular weight excluding hydrogens is 164 g/mol. The zero-order chi connectivity index (χ0) is 10.0. The summed E-state index contributed by atoms with van der Waals surface area (Å²) in [6.07, 6.45) is 0. The zero-order valence-electron chi connectivity index (χ0n) is 8.13. The van der Waals surface area contributed by atoms with Gasteiger partial charge in [0.1, 0.15) is 0 Å². The average molecular weight is 177 g/mol. The van der Waals surface area contributed by atoms with Crippen LogP contribution >= 0.6 is 0 Å². The normalized spacial score (nSPS) is 12.5. The molecule has 0 fully saturated rings. The second kappa shape index (κ2) is 3.60. The van der Waals surface area contributed by atoms with E-state index in [1.54, 1.807) is 6.92 Å². The number of carbonyl (C=O) groups is 1. The number of aryl methyl sites for hydroxylation is 1. The van der Waals surface area contributed by atoms with Gasteiger partial charge in [-0.2, -0.15) is 0 Å². The van der Waals surface area contributed by atoms with Gasteiger partial charge in [0.25, 0.3) is 0 Å². The molecule has 0 radical (unpaired) electrons. The molecule has 0 aliphatic rings. The van der Waals surface area contributed by atoms with E-state index < -0.39 is 11.9 Å². The molecule has 0 spiro atoms. The van der Waals surface area contributed by atoms with Crippen molar-refractivity contribution in [1.29, 1.82) is 0 Å². The van der Waals surface area contributed by atoms with Crippen molar-refractivity contribution in [2.45, 2.75) is 26.7 Å². The molecule has 2 nitrogen and oxygen atoms in total. The Balaban J connectivity index is 3.15. The fraction of sp³-hybridized carbons (Fsp3) is 0.364. The number of rotatable bonds is 2. The van der Waals surface area contributed by atoms with Gasteiger partial charge in [-0.05, 0) is 30.5 Å². The molecule has 0 heterocycles. The maximum atomic E-state index is 10.7. The van der Waals surface area contributed by atoms with E-state index in [2.05, 4.69) is 0 Å². The molecule has 0 saturated heterocycles. The van der Waals surface area contributed by atoms with Crippen LogP contribution < -0.4 is 5.11 Å². The Kier molecular flexibility index (Phi) is 2.71. The van der Waals surface area contributed by atoms with E-state index in [9.17, 15) is 9.90 Å². The molecule has 0 N–H and O–H groups in total. The topological polar surface area (TPSA) is 40.1 Å². The van der Waals surface area contributed by atoms with Crippen LogP contribution in [-0.2, 0) is 4.79 Å². The van der Waals surface area contributed by atoms with Gasteiger partial charge >= 0.3 is 0 Å². The third-order valence-electron chi connectivity index (χ3n) is 2.47. The number of carbonyl (C=O) groups excluding carboxylic acids is 1. The van der Waals surface area contributed by atoms with Crippen LogP contribution in [-0.4, -0.2) is 5.97 Å². The van der Waals surface area contributed by atoms with Crippen molar-refractivity contribution < 1.29 is 9.90 Å². The van der Waals surface area contributed by atoms with Gasteiger partial charge in [0.05, 0.1) is 0 Å². The highest BCUT2D eigenvalue weighted by Gasteiger charge is 2.09. The van der Waals surface area contributed by atoms with Crippen molar-refractivity contribution in [1.82, 2.24) is 0 Å². The molecule has 0 aliphatic carbocycles. The third-order valence-corrected chi connectivity index (χ3v) is 2.47. The molecule has 2 heteroatoms. The lowest BCUT2D eigenvalue weighted by atomic mass is 9.94. The molecular formula is C11H13O2-. The van der Waals surface area contributed by atoms with Crippen molar-refractivity contribution in [3.05, 3.63) is 34.9 Å². The first-order valence-electron chi connectivity index (χ1n) is 4.31. The highest BCUT2D eigenvalue weighted by molar-refractivity contribution is 5.74. The second-order valence-corrected chi connectivity index (χ2v) is 3.33. The van der Waals surface area contributed by atoms with Gasteiger partial charge < -0.3 is 9.90 Å². The third kappa shape index (κ3) is 1.89. The Morgan fingerprint density at radius 3 is 2.54 bits per heavy atom. The second-order valence-electron chi connectivity index (χ2n) is 3.33. The molecule has 0 unspecified atom stereocenters. The van der Waals surface area contributed by atoms with Gasteiger partial charge in [-0.1, -0.05) is 25.1 Å². The first kappa shape index (κ1) is 9.78. The summed E-state index contributed by atoms with van der Waals surface area (Å²) in [4.78, 5) is 10.7. The van der Waals surface area contributed by atoms with E-state index in [0.29, 0.717) is 0 Å². The molecule has 0 aliphatic heterocycles. The number of benzene rings is 1. The van der Waals surface area contributed by atoms with Crippen LogP contribution in [0.25, 0.3) is 0 Å². The lowest BCUT2D eigenvalue weighted by Crippen LogP contribution is -2.28. The van der Waals surface area contributed by atoms with E-state index >= 15 is 0 Å². The summed E-state index contributed by atoms with van der Waals surface area (Å²) in [5.74, 6) is -1.55. The standard InChI is InChI=1S/C11H14O2/c1-7-5-4-6-10(8(7)2)9(3)11(12)13/h4-6,9H,1-3H3,(H,12,13)/p-1/t9-/m0/s1. The minimum Gasteiger partial charge on any atom is -0.550 e. The predicted octanol–water partition coefficient (Wildman–Crippen LogP) is 1.16. The van der Waals surface area contributed by atoms with Gasteiger partial charge in [0.2, 0.25) is 0 Å². The highest BCUT2D eigenvalue weighted by atomic mass is 16.4. The number of hydrogen-bond acceptors (Lipinski definition) is 2. The first-order chi connectivity index (χ1) is 6.04. The molecule has 13 heavy (non-hydrogen) atoms. The predicted molar refractivity (Wildman–Crippen MR) is 49.3 cm³/mol. The fourth-order valence-electron chi connectivity index (χ4n) is 1.37. The number of carboxylic acids is 1. The summed E-state index contributed by atoms with van der Waals surface area (Å²) < 4.78 is 0. The molecule has 70 valence electrons. The van der Waals surface area contributed by atoms with E-state index in [4.69, 9.17) is 0 Å². The Morgan fingerprint density at radius 2 is 2.00 bits per heavy atom. The summed E-state index contributed by atoms with van der Waals surface area (Å²) in [6, 6.07) is 5.68. The molecule has 0 aromatic heterocycles. The first-order valence-corrected chi connectivity index (χ1v) is 4.31. The summed E-state index contributed by atoms with van der Waals surface area (Å²) >= 11 is 0. The van der Waals surface area contributed by atoms with Gasteiger partial charge in [-0.3, -0.25) is 0 Å². The number of aliphatic carboxylic acids is 1. The van der Waals surface area contributed by atoms with Crippen molar-refractivity contribution in [3.63, 3.8) is 0 Å². The average Bonchev–Trinajstić information content (AvgIpc) is 2.08. The van der Waals surface area contributed by atoms with E-state index in [0.717, 1.165) is 16.7 Å². The van der Waals surface area contributed by atoms with Crippen LogP contribution in [0.2, 0.25) is 0 Å². The van der Waals surface area contributed by atoms with Crippen molar-refractivity contribution in [3.8, 4) is 0 Å². The van der Waals surface area contributed by atoms with Crippen molar-refractivity contribution in [2.24, 2.45) is 0 Å². The largest absolute Gasteiger partial charge is 0.550 e. The minimum absolute atomic E-state index is 0.528. The van der Waals surface area contributed by atoms with Crippen molar-refractivity contribution in [2.75, 3.05) is 0 Å². The number of carboxylic acid groups (broad SMARTS) is 1. The molecule has 0 amide bonds. The molecule has 0 saturated carbocycles. The molecule has 1 rings (SSSR count). The Bertz CT molecular complexity index is 329. The summed E-state index contributed by atoms with van der Waals surface area (Å²) in [5, 5.41) is 10.7. The maximum Gasteiger partial charge on any atom is 0.0486 e. The molecule has 1 atom stereocenters. The molecule has 1 aromatic carbocycles. The van der Waals surface area contributed by atoms with Crippen LogP contribution in [0, 0.1) is 13.8 Å². The quantitative estimate of drug-likeness (QED) is 0.680. The summed E-state index contributed by atoms with van der Waals surface area (Å²) in [6.45, 7) is 5.56. The lowest BCUT2D eigenvalue weighted by molar-refractivity contribution is -0.307. The SMILES string of the molecule is Cc1cccc([C@H](C)C(=O)[O-])c1C. The van der Waals surface area contributed by atoms with Gasteiger partial charge in [0, 0.05) is 11.9 Å². The Hall–Kier alpha value is -1.31. The number of hydrogen-bond donors (Lipinski definition) is 0. The van der Waals surface area contributed by atoms with Crippen molar-refractivity contribution >= 4 is 5.97 Å². The molecule has 0 bridgehead atoms. The summed E-state index contributed by atoms with van der Waals surface area (Å²) in [5.41, 5.74) is 3.00. The fourth-order valence-corrected chi connectivity index (χ4v) is 1.37. The van der Waals surface area contributed by atoms with Gasteiger partial charge in [-0.15, -0.1) is 0 Å². The summed E-state index contributed by atoms with van der Waals surface area (Å²) in [7, 11) is 0. The van der Waals surface area contributed by atoms with Crippen LogP contribution in [0.1, 0.15) is 29.5 Å². The van der Waals surface area contributed by atoms with E-state index in [1.165, 1.54) is 0 Å². The van der Waals surface area contributed by atoms with Gasteiger partial charge in [-0.25, -0.2) is 0 Å². The van der Waals surface area contributed by atoms with Crippen LogP contribution in [0.4, 0.5) is 0 Å². The smallest absolute Gasteiger partial charge is 0.0486 e. The highest BCUT2D eigenvalue weighted by Crippen LogP contribution is 2.21. The zero-order valence-corrected chi connectivity index (χ0v) is 8.13. The van der Waals surface area contributed by atoms with E-state index in [1.807, 2.05) is 32.0 Å². The van der Waals surface area contributed by atoms with Crippen LogP contribution in [0.5, 0.6) is 0 Å². The minimum atomic E-state index is -1.02. The Morgan fingerprint density at radius 1 is 1.38 bits per heavy atom. The van der Waals surface area contributed by atoms with Crippen LogP contribution in [0.3, 0.4) is 0 Å². The maximum absolute atomic E-state index is 10.7. The van der Waals surface area contributed by atoms with Crippen LogP contribution in [0.15, 0.2) is 18.2 Å². The Labute approximate surface area is 78.2 Å². The van der Waals surface area contributed by atoms with E-state index in [-0.39, 0.29) is 0 Å². The molecule has 1 aromatic rings.